The first-order valence-corrected chi connectivity index (χ1v) is 6.63. The van der Waals surface area contributed by atoms with Crippen molar-refractivity contribution in [3.63, 3.8) is 0 Å². The Bertz CT molecular complexity index is 263. The summed E-state index contributed by atoms with van der Waals surface area (Å²) in [5.41, 5.74) is 0. The summed E-state index contributed by atoms with van der Waals surface area (Å²) in [6.45, 7) is 1.90. The molecular formula is C12H21N3O. The fourth-order valence-electron chi connectivity index (χ4n) is 3.36. The maximum atomic E-state index is 11.9. The van der Waals surface area contributed by atoms with Gasteiger partial charge in [-0.2, -0.15) is 0 Å². The highest BCUT2D eigenvalue weighted by molar-refractivity contribution is 5.74. The summed E-state index contributed by atoms with van der Waals surface area (Å²) in [7, 11) is 0. The van der Waals surface area contributed by atoms with Crippen molar-refractivity contribution >= 4 is 6.03 Å². The minimum atomic E-state index is 0.170. The summed E-state index contributed by atoms with van der Waals surface area (Å²) in [6, 6.07) is 1.89. The number of nitrogens with one attached hydrogen (secondary N) is 2. The maximum Gasteiger partial charge on any atom is 0.317 e. The summed E-state index contributed by atoms with van der Waals surface area (Å²) in [5, 5.41) is 6.81. The number of fused-ring (bicyclic) bond motifs is 2. The molecule has 0 aromatic rings. The Morgan fingerprint density at radius 3 is 2.38 bits per heavy atom. The number of rotatable bonds is 1. The predicted molar refractivity (Wildman–Crippen MR) is 62.3 cm³/mol. The molecule has 3 heterocycles. The molecule has 3 aliphatic heterocycles. The standard InChI is InChI=1S/C12H21N3O/c16-12(15-5-1-2-6-15)14-11-7-9-3-4-10(8-11)13-9/h9-11,13H,1-8H2,(H,14,16). The van der Waals surface area contributed by atoms with E-state index < -0.39 is 0 Å². The van der Waals surface area contributed by atoms with E-state index in [-0.39, 0.29) is 6.03 Å². The van der Waals surface area contributed by atoms with Gasteiger partial charge in [-0.15, -0.1) is 0 Å². The van der Waals surface area contributed by atoms with Gasteiger partial charge in [0.2, 0.25) is 0 Å². The van der Waals surface area contributed by atoms with E-state index in [0.717, 1.165) is 25.9 Å². The molecule has 90 valence electrons. The second-order valence-corrected chi connectivity index (χ2v) is 5.45. The molecule has 2 atom stereocenters. The van der Waals surface area contributed by atoms with Crippen LogP contribution in [-0.4, -0.2) is 42.1 Å². The van der Waals surface area contributed by atoms with Gasteiger partial charge in [0.25, 0.3) is 0 Å². The lowest BCUT2D eigenvalue weighted by atomic mass is 10.00. The molecule has 3 fully saturated rings. The molecule has 3 aliphatic rings. The highest BCUT2D eigenvalue weighted by atomic mass is 16.2. The van der Waals surface area contributed by atoms with Gasteiger partial charge in [-0.3, -0.25) is 0 Å². The fraction of sp³-hybridized carbons (Fsp3) is 0.917. The smallest absolute Gasteiger partial charge is 0.317 e. The number of urea groups is 1. The van der Waals surface area contributed by atoms with Crippen LogP contribution in [0.3, 0.4) is 0 Å². The van der Waals surface area contributed by atoms with Crippen molar-refractivity contribution in [2.24, 2.45) is 0 Å². The molecular weight excluding hydrogens is 202 g/mol. The average Bonchev–Trinajstić information content (AvgIpc) is 2.88. The quantitative estimate of drug-likeness (QED) is 0.698. The van der Waals surface area contributed by atoms with Crippen LogP contribution < -0.4 is 10.6 Å². The first-order chi connectivity index (χ1) is 7.81. The normalized spacial score (nSPS) is 37.8. The third kappa shape index (κ3) is 2.03. The number of carbonyl (C=O) groups excluding carboxylic acids is 1. The Morgan fingerprint density at radius 1 is 1.12 bits per heavy atom. The van der Waals surface area contributed by atoms with Crippen LogP contribution in [0.4, 0.5) is 4.79 Å². The molecule has 3 rings (SSSR count). The molecule has 0 aliphatic carbocycles. The van der Waals surface area contributed by atoms with Gasteiger partial charge in [-0.1, -0.05) is 0 Å². The number of carbonyl (C=O) groups is 1. The SMILES string of the molecule is O=C(NC1CC2CCC(C1)N2)N1CCCC1. The van der Waals surface area contributed by atoms with E-state index in [2.05, 4.69) is 10.6 Å². The van der Waals surface area contributed by atoms with Crippen LogP contribution in [-0.2, 0) is 0 Å². The van der Waals surface area contributed by atoms with Gasteiger partial charge in [0, 0.05) is 31.2 Å². The Hall–Kier alpha value is -0.770. The summed E-state index contributed by atoms with van der Waals surface area (Å²) >= 11 is 0. The van der Waals surface area contributed by atoms with E-state index in [4.69, 9.17) is 0 Å². The largest absolute Gasteiger partial charge is 0.335 e. The lowest BCUT2D eigenvalue weighted by molar-refractivity contribution is 0.198. The molecule has 0 radical (unpaired) electrons. The van der Waals surface area contributed by atoms with Crippen molar-refractivity contribution in [2.45, 2.75) is 56.7 Å². The van der Waals surface area contributed by atoms with Crippen LogP contribution >= 0.6 is 0 Å². The zero-order valence-corrected chi connectivity index (χ0v) is 9.74. The zero-order chi connectivity index (χ0) is 11.0. The summed E-state index contributed by atoms with van der Waals surface area (Å²) < 4.78 is 0. The van der Waals surface area contributed by atoms with Crippen molar-refractivity contribution in [3.8, 4) is 0 Å². The van der Waals surface area contributed by atoms with Crippen molar-refractivity contribution in [2.75, 3.05) is 13.1 Å². The Labute approximate surface area is 96.8 Å². The van der Waals surface area contributed by atoms with Crippen LogP contribution in [0.15, 0.2) is 0 Å². The Morgan fingerprint density at radius 2 is 1.75 bits per heavy atom. The van der Waals surface area contributed by atoms with E-state index >= 15 is 0 Å². The number of likely N-dealkylation sites (tertiary alicyclic amines) is 1. The highest BCUT2D eigenvalue weighted by Crippen LogP contribution is 2.26. The van der Waals surface area contributed by atoms with Crippen molar-refractivity contribution in [1.29, 1.82) is 0 Å². The first-order valence-electron chi connectivity index (χ1n) is 6.63. The van der Waals surface area contributed by atoms with E-state index in [1.165, 1.54) is 25.7 Å². The minimum Gasteiger partial charge on any atom is -0.335 e. The fourth-order valence-corrected chi connectivity index (χ4v) is 3.36. The number of amides is 2. The van der Waals surface area contributed by atoms with Gasteiger partial charge in [0.15, 0.2) is 0 Å². The number of nitrogens with zero attached hydrogens (tertiary/aromatic N) is 1. The Balaban J connectivity index is 1.52. The first kappa shape index (κ1) is 10.4. The van der Waals surface area contributed by atoms with Gasteiger partial charge >= 0.3 is 6.03 Å². The van der Waals surface area contributed by atoms with Gasteiger partial charge in [-0.25, -0.2) is 4.79 Å². The molecule has 16 heavy (non-hydrogen) atoms. The van der Waals surface area contributed by atoms with E-state index in [0.29, 0.717) is 18.1 Å². The summed E-state index contributed by atoms with van der Waals surface area (Å²) in [6.07, 6.45) is 7.17. The van der Waals surface area contributed by atoms with Crippen LogP contribution in [0, 0.1) is 0 Å². The van der Waals surface area contributed by atoms with E-state index in [1.54, 1.807) is 0 Å². The second kappa shape index (κ2) is 4.24. The van der Waals surface area contributed by atoms with E-state index in [9.17, 15) is 4.79 Å². The van der Waals surface area contributed by atoms with Crippen LogP contribution in [0.2, 0.25) is 0 Å². The van der Waals surface area contributed by atoms with Gasteiger partial charge in [0.05, 0.1) is 0 Å². The molecule has 4 nitrogen and oxygen atoms in total. The van der Waals surface area contributed by atoms with Gasteiger partial charge in [-0.05, 0) is 38.5 Å². The van der Waals surface area contributed by atoms with E-state index in [1.807, 2.05) is 4.90 Å². The van der Waals surface area contributed by atoms with Gasteiger partial charge in [0.1, 0.15) is 0 Å². The minimum absolute atomic E-state index is 0.170. The number of hydrogen-bond acceptors (Lipinski definition) is 2. The lowest BCUT2D eigenvalue weighted by Gasteiger charge is -2.31. The van der Waals surface area contributed by atoms with Crippen LogP contribution in [0.25, 0.3) is 0 Å². The average molecular weight is 223 g/mol. The third-order valence-electron chi connectivity index (χ3n) is 4.19. The molecule has 0 saturated carbocycles. The monoisotopic (exact) mass is 223 g/mol. The molecule has 0 aromatic heterocycles. The molecule has 0 spiro atoms. The number of hydrogen-bond donors (Lipinski definition) is 2. The predicted octanol–water partition coefficient (Wildman–Crippen LogP) is 1.07. The molecule has 3 saturated heterocycles. The van der Waals surface area contributed by atoms with Crippen molar-refractivity contribution in [3.05, 3.63) is 0 Å². The topological polar surface area (TPSA) is 44.4 Å². The molecule has 2 bridgehead atoms. The Kier molecular flexibility index (Phi) is 2.75. The highest BCUT2D eigenvalue weighted by Gasteiger charge is 2.34. The zero-order valence-electron chi connectivity index (χ0n) is 9.74. The van der Waals surface area contributed by atoms with Crippen LogP contribution in [0.1, 0.15) is 38.5 Å². The lowest BCUT2D eigenvalue weighted by Crippen LogP contribution is -2.51. The summed E-state index contributed by atoms with van der Waals surface area (Å²) in [5.74, 6) is 0. The summed E-state index contributed by atoms with van der Waals surface area (Å²) in [4.78, 5) is 13.9. The van der Waals surface area contributed by atoms with Crippen molar-refractivity contribution in [1.82, 2.24) is 15.5 Å². The second-order valence-electron chi connectivity index (χ2n) is 5.45. The molecule has 2 unspecified atom stereocenters. The van der Waals surface area contributed by atoms with Crippen LogP contribution in [0.5, 0.6) is 0 Å². The molecule has 0 aromatic carbocycles. The molecule has 4 heteroatoms. The van der Waals surface area contributed by atoms with Gasteiger partial charge < -0.3 is 15.5 Å². The maximum absolute atomic E-state index is 11.9. The molecule has 2 N–H and O–H groups in total. The third-order valence-corrected chi connectivity index (χ3v) is 4.19. The molecule has 2 amide bonds. The van der Waals surface area contributed by atoms with Crippen molar-refractivity contribution < 1.29 is 4.79 Å². The number of piperidine rings is 1.